The molecule has 3 aromatic carbocycles. The van der Waals surface area contributed by atoms with Gasteiger partial charge in [-0.3, -0.25) is 0 Å². The van der Waals surface area contributed by atoms with Crippen LogP contribution in [0, 0.1) is 48.5 Å². The summed E-state index contributed by atoms with van der Waals surface area (Å²) in [4.78, 5) is 2.59. The van der Waals surface area contributed by atoms with E-state index in [9.17, 15) is 0 Å². The van der Waals surface area contributed by atoms with Crippen LogP contribution in [0.5, 0.6) is 0 Å². The van der Waals surface area contributed by atoms with Crippen molar-refractivity contribution in [3.8, 4) is 0 Å². The van der Waals surface area contributed by atoms with E-state index in [0.717, 1.165) is 13.0 Å². The van der Waals surface area contributed by atoms with Gasteiger partial charge in [0.1, 0.15) is 0 Å². The zero-order valence-corrected chi connectivity index (χ0v) is 33.2. The highest BCUT2D eigenvalue weighted by atomic mass is 15.2. The molecule has 0 saturated carbocycles. The molecule has 0 radical (unpaired) electrons. The maximum atomic E-state index is 3.85. The van der Waals surface area contributed by atoms with Crippen molar-refractivity contribution >= 4 is 11.8 Å². The van der Waals surface area contributed by atoms with Crippen LogP contribution in [0.25, 0.3) is 6.08 Å². The lowest BCUT2D eigenvalue weighted by atomic mass is 9.83. The van der Waals surface area contributed by atoms with E-state index in [-0.39, 0.29) is 5.41 Å². The maximum absolute atomic E-state index is 3.85. The summed E-state index contributed by atoms with van der Waals surface area (Å²) in [6.45, 7) is 44.0. The number of benzene rings is 3. The summed E-state index contributed by atoms with van der Waals surface area (Å²) in [7, 11) is 0. The largest absolute Gasteiger partial charge is 0.369 e. The van der Waals surface area contributed by atoms with Crippen molar-refractivity contribution in [1.29, 1.82) is 0 Å². The molecule has 1 heteroatoms. The van der Waals surface area contributed by atoms with Gasteiger partial charge in [0.2, 0.25) is 0 Å². The standard InChI is InChI=1S/C24H35N.C13H18.C3H8.2C2H6/c1-16(2)25(24-21(7)14-18(4)15-22(24)8)11-9-10-23-19(5)12-17(3)13-20(23)6;1-6-11-9-10(2)7-8-12(11)13(3,4)5;1-3-2;2*1-2/h12-16H,9-11H2,1-8H3;6-9H,1H2,2-5H3;3H2,1-2H3;2*1-2H3. The Morgan fingerprint density at radius 3 is 1.49 bits per heavy atom. The van der Waals surface area contributed by atoms with Crippen molar-refractivity contribution < 1.29 is 0 Å². The predicted octanol–water partition coefficient (Wildman–Crippen LogP) is 13.8. The Bertz CT molecular complexity index is 1210. The quantitative estimate of drug-likeness (QED) is 0.255. The van der Waals surface area contributed by atoms with Crippen LogP contribution in [0.15, 0.2) is 49.0 Å². The molecule has 0 aliphatic rings. The molecule has 45 heavy (non-hydrogen) atoms. The lowest BCUT2D eigenvalue weighted by molar-refractivity contribution is 0.589. The van der Waals surface area contributed by atoms with Crippen molar-refractivity contribution in [3.63, 3.8) is 0 Å². The first-order valence-corrected chi connectivity index (χ1v) is 17.7. The van der Waals surface area contributed by atoms with Gasteiger partial charge < -0.3 is 4.90 Å². The highest BCUT2D eigenvalue weighted by Crippen LogP contribution is 2.29. The van der Waals surface area contributed by atoms with Crippen LogP contribution in [0.4, 0.5) is 5.69 Å². The second kappa shape index (κ2) is 22.7. The molecule has 0 fully saturated rings. The Hall–Kier alpha value is -2.80. The van der Waals surface area contributed by atoms with Gasteiger partial charge in [0.05, 0.1) is 0 Å². The third-order valence-electron chi connectivity index (χ3n) is 7.45. The molecule has 0 bridgehead atoms. The SMILES string of the molecule is C=Cc1cc(C)ccc1C(C)(C)C.CC.CC.CCC.Cc1cc(C)c(CCCN(c2c(C)cc(C)cc2C)C(C)C)c(C)c1. The fraction of sp³-hybridized carbons (Fsp3) is 0.545. The molecule has 0 amide bonds. The Labute approximate surface area is 282 Å². The lowest BCUT2D eigenvalue weighted by Crippen LogP contribution is -2.33. The van der Waals surface area contributed by atoms with Crippen molar-refractivity contribution in [2.45, 2.75) is 155 Å². The minimum absolute atomic E-state index is 0.206. The molecule has 1 nitrogen and oxygen atoms in total. The molecule has 0 aliphatic heterocycles. The van der Waals surface area contributed by atoms with E-state index in [1.165, 1.54) is 74.2 Å². The van der Waals surface area contributed by atoms with Gasteiger partial charge in [0, 0.05) is 18.3 Å². The van der Waals surface area contributed by atoms with Crippen LogP contribution >= 0.6 is 0 Å². The van der Waals surface area contributed by atoms with Crippen LogP contribution in [0.3, 0.4) is 0 Å². The number of anilines is 1. The molecule has 0 N–H and O–H groups in total. The van der Waals surface area contributed by atoms with Crippen molar-refractivity contribution in [2.75, 3.05) is 11.4 Å². The van der Waals surface area contributed by atoms with E-state index >= 15 is 0 Å². The highest BCUT2D eigenvalue weighted by Gasteiger charge is 2.17. The predicted molar refractivity (Wildman–Crippen MR) is 211 cm³/mol. The maximum Gasteiger partial charge on any atom is 0.0428 e. The summed E-state index contributed by atoms with van der Waals surface area (Å²) in [5.41, 5.74) is 15.5. The zero-order valence-electron chi connectivity index (χ0n) is 33.2. The molecule has 0 heterocycles. The van der Waals surface area contributed by atoms with E-state index in [1.807, 2.05) is 33.8 Å². The highest BCUT2D eigenvalue weighted by molar-refractivity contribution is 5.61. The van der Waals surface area contributed by atoms with E-state index in [1.54, 1.807) is 0 Å². The Balaban J connectivity index is 0. The summed E-state index contributed by atoms with van der Waals surface area (Å²) in [5, 5.41) is 0. The monoisotopic (exact) mass is 616 g/mol. The van der Waals surface area contributed by atoms with E-state index in [4.69, 9.17) is 0 Å². The third-order valence-corrected chi connectivity index (χ3v) is 7.45. The molecule has 0 atom stereocenters. The Kier molecular flexibility index (Phi) is 22.3. The summed E-state index contributed by atoms with van der Waals surface area (Å²) in [6, 6.07) is 16.3. The number of aryl methyl sites for hydroxylation is 7. The van der Waals surface area contributed by atoms with E-state index < -0.39 is 0 Å². The molecule has 0 spiro atoms. The second-order valence-electron chi connectivity index (χ2n) is 13.3. The van der Waals surface area contributed by atoms with Crippen molar-refractivity contribution in [1.82, 2.24) is 0 Å². The fourth-order valence-electron chi connectivity index (χ4n) is 5.82. The van der Waals surface area contributed by atoms with Gasteiger partial charge in [0.15, 0.2) is 0 Å². The lowest BCUT2D eigenvalue weighted by Gasteiger charge is -2.32. The third kappa shape index (κ3) is 15.4. The normalized spacial score (nSPS) is 10.2. The molecule has 0 unspecified atom stereocenters. The molecule has 0 saturated heterocycles. The fourth-order valence-corrected chi connectivity index (χ4v) is 5.82. The van der Waals surface area contributed by atoms with E-state index in [0.29, 0.717) is 6.04 Å². The van der Waals surface area contributed by atoms with Gasteiger partial charge in [-0.05, 0) is 120 Å². The van der Waals surface area contributed by atoms with Gasteiger partial charge >= 0.3 is 0 Å². The number of nitrogens with zero attached hydrogens (tertiary/aromatic N) is 1. The first-order chi connectivity index (χ1) is 21.1. The summed E-state index contributed by atoms with van der Waals surface area (Å²) >= 11 is 0. The minimum atomic E-state index is 0.206. The first-order valence-electron chi connectivity index (χ1n) is 17.7. The molecule has 3 aromatic rings. The molecule has 3 rings (SSSR count). The second-order valence-corrected chi connectivity index (χ2v) is 13.3. The van der Waals surface area contributed by atoms with Crippen molar-refractivity contribution in [3.05, 3.63) is 105 Å². The molecule has 0 aliphatic carbocycles. The average molecular weight is 616 g/mol. The van der Waals surface area contributed by atoms with Crippen LogP contribution in [0.2, 0.25) is 0 Å². The number of hydrogen-bond acceptors (Lipinski definition) is 1. The summed E-state index contributed by atoms with van der Waals surface area (Å²) in [6.07, 6.45) is 5.54. The first kappa shape index (κ1) is 44.3. The van der Waals surface area contributed by atoms with Crippen molar-refractivity contribution in [2.24, 2.45) is 0 Å². The van der Waals surface area contributed by atoms with Crippen LogP contribution < -0.4 is 4.90 Å². The Morgan fingerprint density at radius 1 is 0.689 bits per heavy atom. The van der Waals surface area contributed by atoms with Crippen LogP contribution in [-0.4, -0.2) is 12.6 Å². The van der Waals surface area contributed by atoms with Crippen LogP contribution in [0.1, 0.15) is 145 Å². The molecular weight excluding hydrogens is 542 g/mol. The number of rotatable bonds is 7. The Morgan fingerprint density at radius 2 is 1.11 bits per heavy atom. The van der Waals surface area contributed by atoms with Gasteiger partial charge in [-0.15, -0.1) is 0 Å². The van der Waals surface area contributed by atoms with E-state index in [2.05, 4.69) is 151 Å². The summed E-state index contributed by atoms with van der Waals surface area (Å²) in [5.74, 6) is 0. The molecule has 254 valence electrons. The minimum Gasteiger partial charge on any atom is -0.369 e. The summed E-state index contributed by atoms with van der Waals surface area (Å²) < 4.78 is 0. The molecular formula is C44H73N. The van der Waals surface area contributed by atoms with Crippen LogP contribution in [-0.2, 0) is 11.8 Å². The topological polar surface area (TPSA) is 3.24 Å². The smallest absolute Gasteiger partial charge is 0.0428 e. The van der Waals surface area contributed by atoms with Gasteiger partial charge in [-0.2, -0.15) is 0 Å². The van der Waals surface area contributed by atoms with Gasteiger partial charge in [-0.25, -0.2) is 0 Å². The van der Waals surface area contributed by atoms with Gasteiger partial charge in [0.25, 0.3) is 0 Å². The zero-order chi connectivity index (χ0) is 35.5. The number of hydrogen-bond donors (Lipinski definition) is 0. The average Bonchev–Trinajstić information content (AvgIpc) is 2.95. The molecule has 0 aromatic heterocycles. The van der Waals surface area contributed by atoms with Gasteiger partial charge in [-0.1, -0.05) is 141 Å².